The molecule has 4 rings (SSSR count). The molecule has 1 aliphatic rings. The lowest BCUT2D eigenvalue weighted by atomic mass is 10.1. The Hall–Kier alpha value is -2.01. The van der Waals surface area contributed by atoms with Gasteiger partial charge in [-0.25, -0.2) is 14.8 Å². The lowest BCUT2D eigenvalue weighted by Gasteiger charge is -2.36. The monoisotopic (exact) mass is 581 g/mol. The molecule has 0 unspecified atom stereocenters. The molecular formula is C24H32IN5O2S. The van der Waals surface area contributed by atoms with Crippen LogP contribution < -0.4 is 4.90 Å². The SMILES string of the molecule is CC.Cc1cn(SI)c2ncc(-c3ccc(N4CCN(C(=O)OC(C)(C)C)CC4)nc3)cc12. The van der Waals surface area contributed by atoms with Crippen LogP contribution in [-0.2, 0) is 4.74 Å². The third kappa shape index (κ3) is 6.11. The number of carbonyl (C=O) groups excluding carboxylic acids is 1. The lowest BCUT2D eigenvalue weighted by molar-refractivity contribution is 0.0240. The van der Waals surface area contributed by atoms with E-state index in [1.54, 1.807) is 14.0 Å². The average molecular weight is 582 g/mol. The van der Waals surface area contributed by atoms with Gasteiger partial charge in [0.15, 0.2) is 5.65 Å². The van der Waals surface area contributed by atoms with E-state index in [0.717, 1.165) is 41.1 Å². The highest BCUT2D eigenvalue weighted by Gasteiger charge is 2.26. The van der Waals surface area contributed by atoms with Crippen LogP contribution in [0.5, 0.6) is 0 Å². The van der Waals surface area contributed by atoms with Crippen LogP contribution in [0.3, 0.4) is 0 Å². The van der Waals surface area contributed by atoms with E-state index >= 15 is 0 Å². The van der Waals surface area contributed by atoms with Crippen LogP contribution in [0.25, 0.3) is 22.2 Å². The minimum atomic E-state index is -0.473. The number of aromatic nitrogens is 3. The molecule has 0 saturated carbocycles. The molecule has 1 saturated heterocycles. The van der Waals surface area contributed by atoms with Crippen LogP contribution in [0.2, 0.25) is 0 Å². The van der Waals surface area contributed by atoms with E-state index in [9.17, 15) is 4.79 Å². The van der Waals surface area contributed by atoms with Gasteiger partial charge in [-0.1, -0.05) is 13.8 Å². The van der Waals surface area contributed by atoms with E-state index in [1.165, 1.54) is 5.56 Å². The number of aryl methyl sites for hydroxylation is 1. The van der Waals surface area contributed by atoms with E-state index in [-0.39, 0.29) is 6.09 Å². The smallest absolute Gasteiger partial charge is 0.410 e. The fourth-order valence-electron chi connectivity index (χ4n) is 3.63. The molecule has 9 heteroatoms. The maximum atomic E-state index is 12.3. The van der Waals surface area contributed by atoms with Crippen molar-refractivity contribution in [3.63, 3.8) is 0 Å². The summed E-state index contributed by atoms with van der Waals surface area (Å²) in [6.45, 7) is 14.5. The van der Waals surface area contributed by atoms with Gasteiger partial charge in [0.2, 0.25) is 0 Å². The first-order valence-corrected chi connectivity index (χ1v) is 14.5. The molecule has 1 amide bonds. The third-order valence-electron chi connectivity index (χ3n) is 5.22. The topological polar surface area (TPSA) is 63.5 Å². The van der Waals surface area contributed by atoms with Crippen molar-refractivity contribution in [1.29, 1.82) is 0 Å². The number of hydrogen-bond donors (Lipinski definition) is 0. The fraction of sp³-hybridized carbons (Fsp3) is 0.458. The molecule has 0 radical (unpaired) electrons. The van der Waals surface area contributed by atoms with Gasteiger partial charge in [-0.2, -0.15) is 0 Å². The first kappa shape index (κ1) is 25.6. The summed E-state index contributed by atoms with van der Waals surface area (Å²) >= 11 is 2.27. The van der Waals surface area contributed by atoms with E-state index in [4.69, 9.17) is 4.74 Å². The molecule has 0 spiro atoms. The van der Waals surface area contributed by atoms with Crippen LogP contribution in [0.4, 0.5) is 10.6 Å². The summed E-state index contributed by atoms with van der Waals surface area (Å²) in [5, 5.41) is 1.16. The Balaban J connectivity index is 0.00000149. The van der Waals surface area contributed by atoms with Crippen LogP contribution in [0.15, 0.2) is 36.8 Å². The summed E-state index contributed by atoms with van der Waals surface area (Å²) in [6.07, 6.45) is 5.67. The molecule has 3 aromatic heterocycles. The maximum Gasteiger partial charge on any atom is 0.410 e. The van der Waals surface area contributed by atoms with E-state index in [1.807, 2.05) is 53.1 Å². The number of piperazine rings is 1. The number of fused-ring (bicyclic) bond motifs is 1. The van der Waals surface area contributed by atoms with Gasteiger partial charge < -0.3 is 14.5 Å². The van der Waals surface area contributed by atoms with E-state index in [2.05, 4.69) is 65.3 Å². The molecule has 33 heavy (non-hydrogen) atoms. The Morgan fingerprint density at radius 1 is 1.06 bits per heavy atom. The fourth-order valence-corrected chi connectivity index (χ4v) is 4.94. The predicted molar refractivity (Wildman–Crippen MR) is 146 cm³/mol. The zero-order chi connectivity index (χ0) is 24.2. The summed E-state index contributed by atoms with van der Waals surface area (Å²) < 4.78 is 7.55. The number of halogens is 1. The summed E-state index contributed by atoms with van der Waals surface area (Å²) in [5.41, 5.74) is 3.81. The molecule has 0 aromatic carbocycles. The second-order valence-corrected chi connectivity index (χ2v) is 10.4. The van der Waals surface area contributed by atoms with Gasteiger partial charge in [-0.15, -0.1) is 0 Å². The molecule has 1 fully saturated rings. The Kier molecular flexibility index (Phi) is 8.49. The normalized spacial score (nSPS) is 14.2. The number of pyridine rings is 2. The second kappa shape index (κ2) is 10.9. The minimum Gasteiger partial charge on any atom is -0.444 e. The van der Waals surface area contributed by atoms with Crippen molar-refractivity contribution in [2.24, 2.45) is 0 Å². The van der Waals surface area contributed by atoms with Gasteiger partial charge in [-0.3, -0.25) is 3.97 Å². The first-order chi connectivity index (χ1) is 15.7. The van der Waals surface area contributed by atoms with Crippen LogP contribution in [-0.4, -0.2) is 56.7 Å². The Morgan fingerprint density at radius 3 is 2.30 bits per heavy atom. The maximum absolute atomic E-state index is 12.3. The quantitative estimate of drug-likeness (QED) is 0.337. The van der Waals surface area contributed by atoms with Crippen LogP contribution in [0.1, 0.15) is 40.2 Å². The molecule has 4 heterocycles. The van der Waals surface area contributed by atoms with Crippen molar-refractivity contribution >= 4 is 53.3 Å². The Labute approximate surface area is 212 Å². The lowest BCUT2D eigenvalue weighted by Crippen LogP contribution is -2.50. The molecule has 3 aromatic rings. The van der Waals surface area contributed by atoms with Gasteiger partial charge in [0.1, 0.15) is 11.4 Å². The summed E-state index contributed by atoms with van der Waals surface area (Å²) in [5.74, 6) is 0.922. The molecule has 7 nitrogen and oxygen atoms in total. The molecule has 0 N–H and O–H groups in total. The molecule has 1 aliphatic heterocycles. The number of carbonyl (C=O) groups is 1. The zero-order valence-corrected chi connectivity index (χ0v) is 23.1. The highest BCUT2D eigenvalue weighted by atomic mass is 127. The number of amides is 1. The first-order valence-electron chi connectivity index (χ1n) is 11.2. The van der Waals surface area contributed by atoms with Crippen LogP contribution >= 0.6 is 30.3 Å². The standard InChI is InChI=1S/C22H26IN5O2S.C2H6/c1-15-14-28(31-23)20-18(15)11-17(13-25-20)16-5-6-19(24-12-16)26-7-9-27(10-8-26)21(29)30-22(2,3)4;1-2/h5-6,11-14H,7-10H2,1-4H3;1-2H3. The molecule has 0 atom stereocenters. The summed E-state index contributed by atoms with van der Waals surface area (Å²) in [7, 11) is 1.62. The highest BCUT2D eigenvalue weighted by Crippen LogP contribution is 2.30. The number of anilines is 1. The number of ether oxygens (including phenoxy) is 1. The van der Waals surface area contributed by atoms with Crippen LogP contribution in [0, 0.1) is 6.92 Å². The zero-order valence-electron chi connectivity index (χ0n) is 20.1. The second-order valence-electron chi connectivity index (χ2n) is 8.66. The Morgan fingerprint density at radius 2 is 1.73 bits per heavy atom. The largest absolute Gasteiger partial charge is 0.444 e. The molecule has 0 bridgehead atoms. The summed E-state index contributed by atoms with van der Waals surface area (Å²) in [4.78, 5) is 25.6. The molecular weight excluding hydrogens is 549 g/mol. The highest BCUT2D eigenvalue weighted by molar-refractivity contribution is 14.2. The van der Waals surface area contributed by atoms with Crippen molar-refractivity contribution in [2.75, 3.05) is 31.1 Å². The van der Waals surface area contributed by atoms with Gasteiger partial charge in [0.05, 0.1) is 0 Å². The Bertz CT molecular complexity index is 1090. The molecule has 0 aliphatic carbocycles. The van der Waals surface area contributed by atoms with Crippen molar-refractivity contribution in [3.05, 3.63) is 42.4 Å². The van der Waals surface area contributed by atoms with Crippen molar-refractivity contribution < 1.29 is 9.53 Å². The van der Waals surface area contributed by atoms with Crippen molar-refractivity contribution in [1.82, 2.24) is 18.8 Å². The van der Waals surface area contributed by atoms with Crippen molar-refractivity contribution in [2.45, 2.75) is 47.1 Å². The number of nitrogens with zero attached hydrogens (tertiary/aromatic N) is 5. The molecule has 178 valence electrons. The van der Waals surface area contributed by atoms with Crippen molar-refractivity contribution in [3.8, 4) is 11.1 Å². The van der Waals surface area contributed by atoms with E-state index in [0.29, 0.717) is 13.1 Å². The number of rotatable bonds is 3. The van der Waals surface area contributed by atoms with Gasteiger partial charge in [0.25, 0.3) is 0 Å². The third-order valence-corrected chi connectivity index (χ3v) is 6.92. The van der Waals surface area contributed by atoms with Gasteiger partial charge in [-0.05, 0) is 51.5 Å². The minimum absolute atomic E-state index is 0.247. The van der Waals surface area contributed by atoms with Gasteiger partial charge >= 0.3 is 6.09 Å². The summed E-state index contributed by atoms with van der Waals surface area (Å²) in [6, 6.07) is 6.31. The predicted octanol–water partition coefficient (Wildman–Crippen LogP) is 6.34. The van der Waals surface area contributed by atoms with Gasteiger partial charge in [0, 0.05) is 91.6 Å². The number of hydrogen-bond acceptors (Lipinski definition) is 6. The average Bonchev–Trinajstić information content (AvgIpc) is 3.14. The van der Waals surface area contributed by atoms with E-state index < -0.39 is 5.60 Å².